The molecule has 2 N–H and O–H groups in total. The molecular formula is C16H20N4O2S2. The Labute approximate surface area is 149 Å². The van der Waals surface area contributed by atoms with E-state index in [1.54, 1.807) is 24.3 Å². The number of aromatic nitrogens is 2. The highest BCUT2D eigenvalue weighted by Gasteiger charge is 2.10. The predicted molar refractivity (Wildman–Crippen MR) is 99.0 cm³/mol. The summed E-state index contributed by atoms with van der Waals surface area (Å²) in [5, 5.41) is 14.8. The average Bonchev–Trinajstić information content (AvgIpc) is 2.99. The van der Waals surface area contributed by atoms with Crippen LogP contribution in [0.3, 0.4) is 0 Å². The molecule has 0 radical (unpaired) electrons. The predicted octanol–water partition coefficient (Wildman–Crippen LogP) is 3.54. The summed E-state index contributed by atoms with van der Waals surface area (Å²) in [4.78, 5) is 23.2. The molecule has 2 aromatic rings. The molecule has 1 aromatic heterocycles. The van der Waals surface area contributed by atoms with E-state index < -0.39 is 0 Å². The second-order valence-corrected chi connectivity index (χ2v) is 7.82. The minimum absolute atomic E-state index is 0.0151. The molecule has 0 fully saturated rings. The Morgan fingerprint density at radius 1 is 1.21 bits per heavy atom. The number of amides is 1. The van der Waals surface area contributed by atoms with Crippen molar-refractivity contribution in [2.45, 2.75) is 25.1 Å². The van der Waals surface area contributed by atoms with Crippen molar-refractivity contribution < 1.29 is 9.59 Å². The monoisotopic (exact) mass is 364 g/mol. The molecule has 128 valence electrons. The first kappa shape index (κ1) is 18.4. The summed E-state index contributed by atoms with van der Waals surface area (Å²) in [5.41, 5.74) is 1.29. The fourth-order valence-electron chi connectivity index (χ4n) is 1.78. The SMILES string of the molecule is CC(=O)Nc1ccc(C(=O)CSc2nnc(NCC(C)C)s2)cc1. The van der Waals surface area contributed by atoms with Crippen molar-refractivity contribution in [1.82, 2.24) is 10.2 Å². The maximum atomic E-state index is 12.2. The number of thioether (sulfide) groups is 1. The van der Waals surface area contributed by atoms with Gasteiger partial charge in [0.2, 0.25) is 11.0 Å². The van der Waals surface area contributed by atoms with Gasteiger partial charge in [-0.3, -0.25) is 9.59 Å². The molecule has 0 spiro atoms. The molecule has 2 rings (SSSR count). The first-order valence-electron chi connectivity index (χ1n) is 7.55. The van der Waals surface area contributed by atoms with Crippen molar-refractivity contribution in [3.63, 3.8) is 0 Å². The molecule has 6 nitrogen and oxygen atoms in total. The van der Waals surface area contributed by atoms with Crippen LogP contribution < -0.4 is 10.6 Å². The van der Waals surface area contributed by atoms with Crippen LogP contribution in [0.25, 0.3) is 0 Å². The lowest BCUT2D eigenvalue weighted by Gasteiger charge is -2.04. The standard InChI is InChI=1S/C16H20N4O2S2/c1-10(2)8-17-15-19-20-16(24-15)23-9-14(22)12-4-6-13(7-5-12)18-11(3)21/h4-7,10H,8-9H2,1-3H3,(H,17,19)(H,18,21). The fourth-order valence-corrected chi connectivity index (χ4v) is 3.44. The van der Waals surface area contributed by atoms with Crippen LogP contribution in [0.4, 0.5) is 10.8 Å². The van der Waals surface area contributed by atoms with Gasteiger partial charge in [0.25, 0.3) is 0 Å². The van der Waals surface area contributed by atoms with Gasteiger partial charge in [-0.15, -0.1) is 10.2 Å². The number of carbonyl (C=O) groups is 2. The van der Waals surface area contributed by atoms with Crippen molar-refractivity contribution in [3.05, 3.63) is 29.8 Å². The van der Waals surface area contributed by atoms with Crippen molar-refractivity contribution in [1.29, 1.82) is 0 Å². The number of nitrogens with one attached hydrogen (secondary N) is 2. The van der Waals surface area contributed by atoms with Gasteiger partial charge in [-0.25, -0.2) is 0 Å². The molecular weight excluding hydrogens is 344 g/mol. The van der Waals surface area contributed by atoms with Crippen molar-refractivity contribution >= 4 is 45.6 Å². The highest BCUT2D eigenvalue weighted by Crippen LogP contribution is 2.26. The lowest BCUT2D eigenvalue weighted by molar-refractivity contribution is -0.114. The van der Waals surface area contributed by atoms with Crippen molar-refractivity contribution in [2.75, 3.05) is 22.9 Å². The molecule has 24 heavy (non-hydrogen) atoms. The number of ketones is 1. The van der Waals surface area contributed by atoms with Crippen LogP contribution in [0.15, 0.2) is 28.6 Å². The van der Waals surface area contributed by atoms with E-state index in [9.17, 15) is 9.59 Å². The molecule has 0 saturated heterocycles. The van der Waals surface area contributed by atoms with E-state index in [-0.39, 0.29) is 11.7 Å². The van der Waals surface area contributed by atoms with Gasteiger partial charge < -0.3 is 10.6 Å². The average molecular weight is 364 g/mol. The maximum Gasteiger partial charge on any atom is 0.221 e. The topological polar surface area (TPSA) is 84.0 Å². The van der Waals surface area contributed by atoms with E-state index in [1.807, 2.05) is 0 Å². The summed E-state index contributed by atoms with van der Waals surface area (Å²) in [6.45, 7) is 6.54. The zero-order valence-corrected chi connectivity index (χ0v) is 15.5. The zero-order valence-electron chi connectivity index (χ0n) is 13.8. The first-order chi connectivity index (χ1) is 11.4. The quantitative estimate of drug-likeness (QED) is 0.550. The maximum absolute atomic E-state index is 12.2. The molecule has 0 atom stereocenters. The van der Waals surface area contributed by atoms with Gasteiger partial charge in [-0.1, -0.05) is 36.9 Å². The van der Waals surface area contributed by atoms with E-state index in [1.165, 1.54) is 30.0 Å². The lowest BCUT2D eigenvalue weighted by Crippen LogP contribution is -2.07. The molecule has 0 aliphatic carbocycles. The Bertz CT molecular complexity index is 698. The molecule has 0 saturated carbocycles. The normalized spacial score (nSPS) is 10.7. The number of hydrogen-bond acceptors (Lipinski definition) is 7. The van der Waals surface area contributed by atoms with E-state index in [2.05, 4.69) is 34.7 Å². The van der Waals surface area contributed by atoms with Crippen LogP contribution in [0.1, 0.15) is 31.1 Å². The summed E-state index contributed by atoms with van der Waals surface area (Å²) in [7, 11) is 0. The first-order valence-corrected chi connectivity index (χ1v) is 9.35. The van der Waals surface area contributed by atoms with Gasteiger partial charge in [0.15, 0.2) is 10.1 Å². The highest BCUT2D eigenvalue weighted by molar-refractivity contribution is 8.01. The van der Waals surface area contributed by atoms with E-state index >= 15 is 0 Å². The summed E-state index contributed by atoms with van der Waals surface area (Å²) in [6.07, 6.45) is 0. The van der Waals surface area contributed by atoms with Crippen LogP contribution >= 0.6 is 23.1 Å². The minimum Gasteiger partial charge on any atom is -0.360 e. The van der Waals surface area contributed by atoms with Gasteiger partial charge in [-0.2, -0.15) is 0 Å². The van der Waals surface area contributed by atoms with Gasteiger partial charge in [0.1, 0.15) is 0 Å². The molecule has 1 heterocycles. The van der Waals surface area contributed by atoms with Crippen LogP contribution in [-0.4, -0.2) is 34.2 Å². The second-order valence-electron chi connectivity index (χ2n) is 5.62. The number of nitrogens with zero attached hydrogens (tertiary/aromatic N) is 2. The smallest absolute Gasteiger partial charge is 0.221 e. The highest BCUT2D eigenvalue weighted by atomic mass is 32.2. The van der Waals surface area contributed by atoms with E-state index in [4.69, 9.17) is 0 Å². The van der Waals surface area contributed by atoms with Crippen LogP contribution in [0.5, 0.6) is 0 Å². The lowest BCUT2D eigenvalue weighted by atomic mass is 10.1. The summed E-state index contributed by atoms with van der Waals surface area (Å²) in [5.74, 6) is 0.717. The second kappa shape index (κ2) is 8.79. The van der Waals surface area contributed by atoms with Crippen molar-refractivity contribution in [3.8, 4) is 0 Å². The van der Waals surface area contributed by atoms with Gasteiger partial charge >= 0.3 is 0 Å². The Morgan fingerprint density at radius 2 is 1.92 bits per heavy atom. The van der Waals surface area contributed by atoms with Gasteiger partial charge in [-0.05, 0) is 30.2 Å². The van der Waals surface area contributed by atoms with E-state index in [0.29, 0.717) is 22.9 Å². The number of benzene rings is 1. The van der Waals surface area contributed by atoms with Gasteiger partial charge in [0.05, 0.1) is 5.75 Å². The number of Topliss-reactive ketones (excluding diaryl/α,β-unsaturated/α-hetero) is 1. The Hall–Kier alpha value is -1.93. The molecule has 0 aliphatic heterocycles. The third-order valence-corrected chi connectivity index (χ3v) is 4.94. The minimum atomic E-state index is -0.136. The van der Waals surface area contributed by atoms with Gasteiger partial charge in [0, 0.05) is 24.7 Å². The summed E-state index contributed by atoms with van der Waals surface area (Å²) < 4.78 is 0.768. The third-order valence-electron chi connectivity index (χ3n) is 2.92. The van der Waals surface area contributed by atoms with E-state index in [0.717, 1.165) is 16.0 Å². The molecule has 0 unspecified atom stereocenters. The van der Waals surface area contributed by atoms with Crippen LogP contribution in [-0.2, 0) is 4.79 Å². The molecule has 8 heteroatoms. The van der Waals surface area contributed by atoms with Crippen LogP contribution in [0.2, 0.25) is 0 Å². The molecule has 1 amide bonds. The van der Waals surface area contributed by atoms with Crippen molar-refractivity contribution in [2.24, 2.45) is 5.92 Å². The number of carbonyl (C=O) groups excluding carboxylic acids is 2. The summed E-state index contributed by atoms with van der Waals surface area (Å²) in [6, 6.07) is 6.87. The Morgan fingerprint density at radius 3 is 2.54 bits per heavy atom. The summed E-state index contributed by atoms with van der Waals surface area (Å²) >= 11 is 2.83. The number of rotatable bonds is 8. The Kier molecular flexibility index (Phi) is 6.74. The molecule has 0 aliphatic rings. The third kappa shape index (κ3) is 5.93. The Balaban J connectivity index is 1.85. The largest absolute Gasteiger partial charge is 0.360 e. The fraction of sp³-hybridized carbons (Fsp3) is 0.375. The number of hydrogen-bond donors (Lipinski definition) is 2. The zero-order chi connectivity index (χ0) is 17.5. The number of anilines is 2. The molecule has 0 bridgehead atoms. The van der Waals surface area contributed by atoms with Crippen LogP contribution in [0, 0.1) is 5.92 Å². The molecule has 1 aromatic carbocycles.